The van der Waals surface area contributed by atoms with E-state index in [-0.39, 0.29) is 48.0 Å². The number of benzene rings is 4. The molecule has 2 saturated heterocycles. The maximum Gasteiger partial charge on any atom is 0.410 e. The molecule has 0 spiro atoms. The number of aromatic nitrogens is 2. The second-order valence-electron chi connectivity index (χ2n) is 19.0. The van der Waals surface area contributed by atoms with Gasteiger partial charge in [-0.25, -0.2) is 4.79 Å². The standard InChI is InChI=1S/C29H31N3O4.C27H25N3O3.2C2H6/c1-18-9-10-19(31-11-13-32(14-12-31)28(35)36-29(2,3)4)15-21(18)26-24(33)16-25(34)27(26)22-17-30-23-8-6-5-7-20(22)23;1-3-25(33)30-12-10-29(11-13-30)18-9-8-17(2)20(14-18)26-23(31)15-24(32)27(26)21-16-28-22-7-5-4-6-19(21)22;2*1-2/h5-10,15,17,30H,11-14,16H2,1-4H3;3-9,14,16,28H,1,10-13,15H2,2H3;2*1-2H3. The molecule has 2 fully saturated rings. The molecule has 4 aliphatic rings. The van der Waals surface area contributed by atoms with E-state index in [0.717, 1.165) is 66.6 Å². The zero-order valence-corrected chi connectivity index (χ0v) is 43.7. The van der Waals surface area contributed by atoms with Crippen molar-refractivity contribution in [1.82, 2.24) is 19.8 Å². The van der Waals surface area contributed by atoms with Crippen LogP contribution in [0.15, 0.2) is 110 Å². The summed E-state index contributed by atoms with van der Waals surface area (Å²) in [4.78, 5) is 91.0. The summed E-state index contributed by atoms with van der Waals surface area (Å²) < 4.78 is 5.51. The number of carbonyl (C=O) groups is 6. The fraction of sp³-hybridized carbons (Fsp3) is 0.333. The van der Waals surface area contributed by atoms with Gasteiger partial charge in [0.15, 0.2) is 23.1 Å². The summed E-state index contributed by atoms with van der Waals surface area (Å²) in [5.41, 5.74) is 10.3. The van der Waals surface area contributed by atoms with Crippen LogP contribution in [0.3, 0.4) is 0 Å². The largest absolute Gasteiger partial charge is 0.444 e. The number of hydrogen-bond acceptors (Lipinski definition) is 9. The molecule has 2 aromatic heterocycles. The summed E-state index contributed by atoms with van der Waals surface area (Å²) >= 11 is 0. The topological polar surface area (TPSA) is 156 Å². The van der Waals surface area contributed by atoms with Crippen molar-refractivity contribution in [2.45, 2.75) is 80.8 Å². The number of fused-ring (bicyclic) bond motifs is 2. The van der Waals surface area contributed by atoms with E-state index in [0.29, 0.717) is 74.7 Å². The van der Waals surface area contributed by atoms with E-state index in [4.69, 9.17) is 4.74 Å². The van der Waals surface area contributed by atoms with E-state index in [1.165, 1.54) is 6.08 Å². The third-order valence-corrected chi connectivity index (χ3v) is 13.4. The Balaban J connectivity index is 0.000000201. The number of anilines is 2. The number of Topliss-reactive ketones (excluding diaryl/α,β-unsaturated/α-hetero) is 4. The van der Waals surface area contributed by atoms with Crippen LogP contribution in [0.5, 0.6) is 0 Å². The number of amides is 2. The first-order valence-electron chi connectivity index (χ1n) is 25.5. The quantitative estimate of drug-likeness (QED) is 0.117. The Morgan fingerprint density at radius 1 is 0.534 bits per heavy atom. The van der Waals surface area contributed by atoms with Crippen LogP contribution in [0, 0.1) is 13.8 Å². The smallest absolute Gasteiger partial charge is 0.410 e. The van der Waals surface area contributed by atoms with E-state index in [1.54, 1.807) is 9.80 Å². The molecule has 2 aliphatic heterocycles. The molecular formula is C60H68N6O7. The number of ether oxygens (including phenoxy) is 1. The Bertz CT molecular complexity index is 3170. The van der Waals surface area contributed by atoms with Crippen LogP contribution in [-0.2, 0) is 28.7 Å². The zero-order chi connectivity index (χ0) is 52.7. The van der Waals surface area contributed by atoms with E-state index < -0.39 is 5.60 Å². The van der Waals surface area contributed by atoms with E-state index in [1.807, 2.05) is 160 Å². The molecule has 2 amide bonds. The molecule has 0 radical (unpaired) electrons. The first-order valence-corrected chi connectivity index (χ1v) is 25.5. The van der Waals surface area contributed by atoms with Gasteiger partial charge in [0.25, 0.3) is 0 Å². The van der Waals surface area contributed by atoms with Crippen molar-refractivity contribution in [3.63, 3.8) is 0 Å². The summed E-state index contributed by atoms with van der Waals surface area (Å²) in [6.45, 7) is 26.2. The molecule has 13 nitrogen and oxygen atoms in total. The number of H-pyrrole nitrogens is 2. The monoisotopic (exact) mass is 985 g/mol. The van der Waals surface area contributed by atoms with Gasteiger partial charge in [-0.1, -0.05) is 82.8 Å². The van der Waals surface area contributed by atoms with Crippen LogP contribution >= 0.6 is 0 Å². The van der Waals surface area contributed by atoms with Crippen molar-refractivity contribution in [2.75, 3.05) is 62.2 Å². The summed E-state index contributed by atoms with van der Waals surface area (Å²) in [6, 6.07) is 27.7. The van der Waals surface area contributed by atoms with Gasteiger partial charge in [-0.3, -0.25) is 24.0 Å². The molecule has 0 saturated carbocycles. The average Bonchev–Trinajstić information content (AvgIpc) is 4.16. The number of piperazine rings is 2. The third kappa shape index (κ3) is 11.2. The second-order valence-corrected chi connectivity index (χ2v) is 19.0. The lowest BCUT2D eigenvalue weighted by Gasteiger charge is -2.37. The van der Waals surface area contributed by atoms with Crippen molar-refractivity contribution >= 4 is 90.6 Å². The second kappa shape index (κ2) is 22.7. The third-order valence-electron chi connectivity index (χ3n) is 13.4. The Kier molecular flexibility index (Phi) is 16.5. The van der Waals surface area contributed by atoms with Gasteiger partial charge in [-0.05, 0) is 99.3 Å². The van der Waals surface area contributed by atoms with Crippen LogP contribution < -0.4 is 9.80 Å². The highest BCUT2D eigenvalue weighted by molar-refractivity contribution is 6.52. The van der Waals surface area contributed by atoms with Crippen LogP contribution in [-0.4, -0.2) is 113 Å². The van der Waals surface area contributed by atoms with Gasteiger partial charge in [0.2, 0.25) is 5.91 Å². The Morgan fingerprint density at radius 3 is 1.29 bits per heavy atom. The van der Waals surface area contributed by atoms with Gasteiger partial charge in [0, 0.05) is 131 Å². The molecule has 0 bridgehead atoms. The molecule has 4 heterocycles. The molecule has 2 aliphatic carbocycles. The maximum atomic E-state index is 13.1. The van der Waals surface area contributed by atoms with Gasteiger partial charge in [-0.2, -0.15) is 0 Å². The molecule has 2 N–H and O–H groups in total. The van der Waals surface area contributed by atoms with Gasteiger partial charge in [0.1, 0.15) is 5.60 Å². The van der Waals surface area contributed by atoms with Crippen LogP contribution in [0.4, 0.5) is 16.2 Å². The van der Waals surface area contributed by atoms with Crippen molar-refractivity contribution < 1.29 is 33.5 Å². The predicted octanol–water partition coefficient (Wildman–Crippen LogP) is 10.8. The van der Waals surface area contributed by atoms with Gasteiger partial charge < -0.3 is 34.3 Å². The van der Waals surface area contributed by atoms with E-state index >= 15 is 0 Å². The lowest BCUT2D eigenvalue weighted by atomic mass is 9.92. The van der Waals surface area contributed by atoms with Crippen LogP contribution in [0.1, 0.15) is 94.7 Å². The predicted molar refractivity (Wildman–Crippen MR) is 294 cm³/mol. The molecule has 4 aromatic carbocycles. The number of allylic oxidation sites excluding steroid dienone is 4. The minimum atomic E-state index is -0.526. The highest BCUT2D eigenvalue weighted by Crippen LogP contribution is 2.42. The van der Waals surface area contributed by atoms with E-state index in [2.05, 4.69) is 26.3 Å². The molecule has 6 aromatic rings. The Hall–Kier alpha value is -7.80. The maximum absolute atomic E-state index is 13.1. The van der Waals surface area contributed by atoms with Gasteiger partial charge in [0.05, 0.1) is 12.8 Å². The van der Waals surface area contributed by atoms with Crippen molar-refractivity contribution in [3.8, 4) is 0 Å². The molecule has 13 heteroatoms. The first-order chi connectivity index (χ1) is 35.1. The lowest BCUT2D eigenvalue weighted by Crippen LogP contribution is -2.50. The summed E-state index contributed by atoms with van der Waals surface area (Å²) in [5, 5.41) is 1.87. The van der Waals surface area contributed by atoms with Crippen molar-refractivity contribution in [1.29, 1.82) is 0 Å². The van der Waals surface area contributed by atoms with Gasteiger partial charge >= 0.3 is 6.09 Å². The van der Waals surface area contributed by atoms with Crippen LogP contribution in [0.2, 0.25) is 0 Å². The highest BCUT2D eigenvalue weighted by Gasteiger charge is 2.36. The first kappa shape index (κ1) is 53.0. The normalized spacial score (nSPS) is 16.1. The zero-order valence-electron chi connectivity index (χ0n) is 43.7. The number of aryl methyl sites for hydroxylation is 2. The Labute approximate surface area is 428 Å². The number of carbonyl (C=O) groups excluding carboxylic acids is 6. The van der Waals surface area contributed by atoms with Crippen molar-refractivity contribution in [3.05, 3.63) is 143 Å². The number of aromatic amines is 2. The number of rotatable bonds is 7. The molecule has 0 atom stereocenters. The lowest BCUT2D eigenvalue weighted by molar-refractivity contribution is -0.126. The molecule has 73 heavy (non-hydrogen) atoms. The molecule has 380 valence electrons. The number of ketones is 4. The molecule has 10 rings (SSSR count). The van der Waals surface area contributed by atoms with E-state index in [9.17, 15) is 28.8 Å². The number of nitrogens with zero attached hydrogens (tertiary/aromatic N) is 4. The van der Waals surface area contributed by atoms with Crippen molar-refractivity contribution in [2.24, 2.45) is 0 Å². The number of para-hydroxylation sites is 2. The fourth-order valence-electron chi connectivity index (χ4n) is 9.84. The molecular weight excluding hydrogens is 917 g/mol. The fourth-order valence-corrected chi connectivity index (χ4v) is 9.84. The Morgan fingerprint density at radius 2 is 0.904 bits per heavy atom. The summed E-state index contributed by atoms with van der Waals surface area (Å²) in [7, 11) is 0. The van der Waals surface area contributed by atoms with Gasteiger partial charge in [-0.15, -0.1) is 0 Å². The highest BCUT2D eigenvalue weighted by atomic mass is 16.6. The minimum Gasteiger partial charge on any atom is -0.444 e. The SMILES string of the molecule is C=CC(=O)N1CCN(c2ccc(C)c(C3=C(c4c[nH]c5ccccc45)C(=O)CC3=O)c2)CC1.CC.CC.Cc1ccc(N2CCN(C(=O)OC(C)(C)C)CC2)cc1C1=C(c2c[nH]c3ccccc23)C(=O)CC1=O. The summed E-state index contributed by atoms with van der Waals surface area (Å²) in [5.74, 6) is -0.614. The number of nitrogens with one attached hydrogen (secondary N) is 2. The summed E-state index contributed by atoms with van der Waals surface area (Å²) in [6.07, 6.45) is 4.49. The molecule has 0 unspecified atom stereocenters. The number of hydrogen-bond donors (Lipinski definition) is 2. The minimum absolute atomic E-state index is 0.0529. The average molecular weight is 985 g/mol. The van der Waals surface area contributed by atoms with Crippen LogP contribution in [0.25, 0.3) is 44.1 Å².